The second-order valence-corrected chi connectivity index (χ2v) is 4.58. The van der Waals surface area contributed by atoms with Gasteiger partial charge in [0.2, 0.25) is 5.88 Å². The number of hydrogen-bond donors (Lipinski definition) is 3. The number of nitrogen functional groups attached to an aromatic ring is 1. The number of nitrogens with one attached hydrogen (secondary N) is 2. The van der Waals surface area contributed by atoms with Gasteiger partial charge >= 0.3 is 0 Å². The Morgan fingerprint density at radius 2 is 2.14 bits per heavy atom. The number of nitrogens with two attached hydrogens (primary N) is 1. The molecule has 1 heterocycles. The molecule has 0 aliphatic heterocycles. The molecule has 0 spiro atoms. The molecule has 6 heteroatoms. The van der Waals surface area contributed by atoms with Crippen LogP contribution in [0.15, 0.2) is 36.5 Å². The predicted octanol–water partition coefficient (Wildman–Crippen LogP) is 1.61. The zero-order valence-electron chi connectivity index (χ0n) is 12.0. The maximum Gasteiger partial charge on any atom is 0.253 e. The van der Waals surface area contributed by atoms with Crippen molar-refractivity contribution < 1.29 is 9.53 Å². The van der Waals surface area contributed by atoms with Gasteiger partial charge < -0.3 is 15.5 Å². The number of carbonyl (C=O) groups is 1. The molecule has 0 aliphatic carbocycles. The van der Waals surface area contributed by atoms with E-state index in [0.29, 0.717) is 23.7 Å². The lowest BCUT2D eigenvalue weighted by molar-refractivity contribution is 0.0951. The SMILES string of the molecule is COc1ccc(CNC(=O)c2cc(C)ccc2NN)cn1. The standard InChI is InChI=1S/C15H18N4O2/c1-10-3-5-13(19-16)12(7-10)15(20)18-9-11-4-6-14(21-2)17-8-11/h3-8,19H,9,16H2,1-2H3,(H,18,20). The fraction of sp³-hybridized carbons (Fsp3) is 0.200. The van der Waals surface area contributed by atoms with E-state index in [2.05, 4.69) is 15.7 Å². The van der Waals surface area contributed by atoms with Crippen molar-refractivity contribution in [3.8, 4) is 5.88 Å². The summed E-state index contributed by atoms with van der Waals surface area (Å²) >= 11 is 0. The predicted molar refractivity (Wildman–Crippen MR) is 80.9 cm³/mol. The van der Waals surface area contributed by atoms with Gasteiger partial charge in [-0.05, 0) is 24.6 Å². The second kappa shape index (κ2) is 6.71. The third-order valence-corrected chi connectivity index (χ3v) is 3.04. The smallest absolute Gasteiger partial charge is 0.253 e. The monoisotopic (exact) mass is 286 g/mol. The van der Waals surface area contributed by atoms with E-state index in [9.17, 15) is 4.79 Å². The maximum absolute atomic E-state index is 12.2. The van der Waals surface area contributed by atoms with Gasteiger partial charge in [-0.1, -0.05) is 17.7 Å². The molecule has 2 rings (SSSR count). The summed E-state index contributed by atoms with van der Waals surface area (Å²) in [7, 11) is 1.56. The van der Waals surface area contributed by atoms with Crippen LogP contribution in [0.1, 0.15) is 21.5 Å². The number of pyridine rings is 1. The molecule has 1 aromatic carbocycles. The van der Waals surface area contributed by atoms with Crippen LogP contribution in [0.4, 0.5) is 5.69 Å². The molecule has 0 saturated carbocycles. The quantitative estimate of drug-likeness (QED) is 0.574. The van der Waals surface area contributed by atoms with E-state index >= 15 is 0 Å². The molecule has 1 amide bonds. The molecular formula is C15H18N4O2. The van der Waals surface area contributed by atoms with E-state index in [0.717, 1.165) is 11.1 Å². The van der Waals surface area contributed by atoms with Crippen LogP contribution in [0.2, 0.25) is 0 Å². The van der Waals surface area contributed by atoms with Crippen molar-refractivity contribution in [3.05, 3.63) is 53.2 Å². The van der Waals surface area contributed by atoms with Gasteiger partial charge in [0.25, 0.3) is 5.91 Å². The van der Waals surface area contributed by atoms with Crippen LogP contribution in [0.3, 0.4) is 0 Å². The molecule has 0 bridgehead atoms. The molecular weight excluding hydrogens is 268 g/mol. The van der Waals surface area contributed by atoms with Crippen molar-refractivity contribution in [3.63, 3.8) is 0 Å². The van der Waals surface area contributed by atoms with E-state index in [1.165, 1.54) is 0 Å². The van der Waals surface area contributed by atoms with Crippen LogP contribution >= 0.6 is 0 Å². The Kier molecular flexibility index (Phi) is 4.73. The van der Waals surface area contributed by atoms with Crippen molar-refractivity contribution in [1.29, 1.82) is 0 Å². The van der Waals surface area contributed by atoms with Crippen LogP contribution in [-0.4, -0.2) is 18.0 Å². The number of benzene rings is 1. The van der Waals surface area contributed by atoms with Crippen LogP contribution < -0.4 is 21.3 Å². The van der Waals surface area contributed by atoms with Gasteiger partial charge in [0.05, 0.1) is 18.4 Å². The highest BCUT2D eigenvalue weighted by atomic mass is 16.5. The third-order valence-electron chi connectivity index (χ3n) is 3.04. The number of aryl methyl sites for hydroxylation is 1. The number of anilines is 1. The van der Waals surface area contributed by atoms with Crippen molar-refractivity contribution in [2.45, 2.75) is 13.5 Å². The number of rotatable bonds is 5. The average Bonchev–Trinajstić information content (AvgIpc) is 2.53. The first-order valence-corrected chi connectivity index (χ1v) is 6.48. The van der Waals surface area contributed by atoms with Gasteiger partial charge in [-0.2, -0.15) is 0 Å². The summed E-state index contributed by atoms with van der Waals surface area (Å²) in [5, 5.41) is 2.84. The van der Waals surface area contributed by atoms with Gasteiger partial charge in [-0.25, -0.2) is 4.98 Å². The van der Waals surface area contributed by atoms with Gasteiger partial charge in [0, 0.05) is 18.8 Å². The van der Waals surface area contributed by atoms with Crippen LogP contribution in [0, 0.1) is 6.92 Å². The van der Waals surface area contributed by atoms with Crippen molar-refractivity contribution in [1.82, 2.24) is 10.3 Å². The highest BCUT2D eigenvalue weighted by Gasteiger charge is 2.11. The Bertz CT molecular complexity index is 626. The fourth-order valence-electron chi connectivity index (χ4n) is 1.89. The molecule has 2 aromatic rings. The molecule has 21 heavy (non-hydrogen) atoms. The molecule has 110 valence electrons. The van der Waals surface area contributed by atoms with Crippen molar-refractivity contribution in [2.75, 3.05) is 12.5 Å². The summed E-state index contributed by atoms with van der Waals surface area (Å²) in [6, 6.07) is 9.06. The number of nitrogens with zero attached hydrogens (tertiary/aromatic N) is 1. The minimum atomic E-state index is -0.192. The second-order valence-electron chi connectivity index (χ2n) is 4.58. The zero-order valence-corrected chi connectivity index (χ0v) is 12.0. The number of aromatic nitrogens is 1. The largest absolute Gasteiger partial charge is 0.481 e. The Morgan fingerprint density at radius 3 is 2.76 bits per heavy atom. The summed E-state index contributed by atoms with van der Waals surface area (Å²) in [6.45, 7) is 2.30. The van der Waals surface area contributed by atoms with Gasteiger partial charge in [0.1, 0.15) is 0 Å². The normalized spacial score (nSPS) is 10.0. The van der Waals surface area contributed by atoms with E-state index in [-0.39, 0.29) is 5.91 Å². The number of ether oxygens (including phenoxy) is 1. The van der Waals surface area contributed by atoms with E-state index in [1.54, 1.807) is 31.5 Å². The lowest BCUT2D eigenvalue weighted by atomic mass is 10.1. The Hall–Kier alpha value is -2.60. The number of hydrogen-bond acceptors (Lipinski definition) is 5. The zero-order chi connectivity index (χ0) is 15.2. The number of carbonyl (C=O) groups excluding carboxylic acids is 1. The van der Waals surface area contributed by atoms with E-state index in [4.69, 9.17) is 10.6 Å². The third kappa shape index (κ3) is 3.70. The van der Waals surface area contributed by atoms with Gasteiger partial charge in [0.15, 0.2) is 0 Å². The first kappa shape index (κ1) is 14.8. The van der Waals surface area contributed by atoms with Gasteiger partial charge in [-0.15, -0.1) is 0 Å². The van der Waals surface area contributed by atoms with E-state index < -0.39 is 0 Å². The molecule has 0 unspecified atom stereocenters. The van der Waals surface area contributed by atoms with Crippen molar-refractivity contribution >= 4 is 11.6 Å². The molecule has 6 nitrogen and oxygen atoms in total. The first-order chi connectivity index (χ1) is 10.1. The lowest BCUT2D eigenvalue weighted by Crippen LogP contribution is -2.25. The lowest BCUT2D eigenvalue weighted by Gasteiger charge is -2.10. The average molecular weight is 286 g/mol. The summed E-state index contributed by atoms with van der Waals surface area (Å²) in [4.78, 5) is 16.3. The Labute approximate surface area is 123 Å². The topological polar surface area (TPSA) is 89.3 Å². The van der Waals surface area contributed by atoms with Crippen LogP contribution in [0.25, 0.3) is 0 Å². The molecule has 0 aliphatic rings. The molecule has 1 aromatic heterocycles. The summed E-state index contributed by atoms with van der Waals surface area (Å²) < 4.78 is 4.99. The first-order valence-electron chi connectivity index (χ1n) is 6.48. The molecule has 0 fully saturated rings. The van der Waals surface area contributed by atoms with Crippen LogP contribution in [-0.2, 0) is 6.54 Å². The van der Waals surface area contributed by atoms with E-state index in [1.807, 2.05) is 19.1 Å². The minimum absolute atomic E-state index is 0.192. The molecule has 0 atom stereocenters. The summed E-state index contributed by atoms with van der Waals surface area (Å²) in [6.07, 6.45) is 1.66. The Morgan fingerprint density at radius 1 is 1.33 bits per heavy atom. The Balaban J connectivity index is 2.05. The molecule has 0 saturated heterocycles. The highest BCUT2D eigenvalue weighted by molar-refractivity contribution is 5.99. The highest BCUT2D eigenvalue weighted by Crippen LogP contribution is 2.16. The number of methoxy groups -OCH3 is 1. The molecule has 4 N–H and O–H groups in total. The van der Waals surface area contributed by atoms with Gasteiger partial charge in [-0.3, -0.25) is 10.6 Å². The minimum Gasteiger partial charge on any atom is -0.481 e. The number of hydrazine groups is 1. The summed E-state index contributed by atoms with van der Waals surface area (Å²) in [5.74, 6) is 5.77. The van der Waals surface area contributed by atoms with Crippen LogP contribution in [0.5, 0.6) is 5.88 Å². The molecule has 0 radical (unpaired) electrons. The maximum atomic E-state index is 12.2. The fourth-order valence-corrected chi connectivity index (χ4v) is 1.89. The van der Waals surface area contributed by atoms with Crippen molar-refractivity contribution in [2.24, 2.45) is 5.84 Å². The number of amides is 1. The summed E-state index contributed by atoms with van der Waals surface area (Å²) in [5.41, 5.74) is 5.51.